The minimum absolute atomic E-state index is 0.651. The lowest BCUT2D eigenvalue weighted by Gasteiger charge is -2.08. The van der Waals surface area contributed by atoms with Gasteiger partial charge in [-0.15, -0.1) is 0 Å². The second-order valence-corrected chi connectivity index (χ2v) is 5.59. The van der Waals surface area contributed by atoms with E-state index in [1.807, 2.05) is 7.05 Å². The highest BCUT2D eigenvalue weighted by molar-refractivity contribution is 4.52. The summed E-state index contributed by atoms with van der Waals surface area (Å²) in [5.74, 6) is 0.651. The van der Waals surface area contributed by atoms with Crippen LogP contribution in [-0.4, -0.2) is 52.2 Å². The zero-order valence-corrected chi connectivity index (χ0v) is 13.8. The monoisotopic (exact) mass is 274 g/mol. The Balaban J connectivity index is 0. The summed E-state index contributed by atoms with van der Waals surface area (Å²) in [5, 5.41) is 3.16. The van der Waals surface area contributed by atoms with Crippen molar-refractivity contribution in [2.75, 3.05) is 47.3 Å². The van der Waals surface area contributed by atoms with Crippen molar-refractivity contribution in [1.82, 2.24) is 10.2 Å². The van der Waals surface area contributed by atoms with Crippen LogP contribution in [-0.2, 0) is 0 Å². The Hall–Kier alpha value is -0.160. The molecule has 0 fully saturated rings. The third-order valence-electron chi connectivity index (χ3n) is 3.09. The molecule has 0 saturated heterocycles. The van der Waals surface area contributed by atoms with Crippen LogP contribution in [0.3, 0.4) is 0 Å². The van der Waals surface area contributed by atoms with E-state index in [-0.39, 0.29) is 0 Å². The van der Waals surface area contributed by atoms with Crippen molar-refractivity contribution >= 4 is 0 Å². The molecular weight excluding hydrogens is 236 g/mol. The molecule has 0 bridgehead atoms. The van der Waals surface area contributed by atoms with E-state index in [1.54, 1.807) is 0 Å². The standard InChI is InChI=1S/C9H22N2.C6H16N2/c1-10-8-6-4-5-7-9-11(2)3;1-6(5-8)3-2-4-7/h10H,4-9H2,1-3H3;6H,2-5,7-8H2,1H3. The summed E-state index contributed by atoms with van der Waals surface area (Å²) in [6, 6.07) is 0. The van der Waals surface area contributed by atoms with Crippen molar-refractivity contribution in [3.8, 4) is 0 Å². The van der Waals surface area contributed by atoms with Gasteiger partial charge in [0.2, 0.25) is 0 Å². The lowest BCUT2D eigenvalue weighted by atomic mass is 10.1. The molecule has 19 heavy (non-hydrogen) atoms. The first kappa shape index (κ1) is 21.1. The molecule has 0 heterocycles. The fourth-order valence-corrected chi connectivity index (χ4v) is 1.67. The maximum atomic E-state index is 5.37. The zero-order valence-electron chi connectivity index (χ0n) is 13.8. The first-order valence-corrected chi connectivity index (χ1v) is 7.77. The van der Waals surface area contributed by atoms with Gasteiger partial charge in [-0.1, -0.05) is 19.8 Å². The van der Waals surface area contributed by atoms with Gasteiger partial charge >= 0.3 is 0 Å². The zero-order chi connectivity index (χ0) is 14.9. The van der Waals surface area contributed by atoms with Gasteiger partial charge in [0.25, 0.3) is 0 Å². The molecule has 1 atom stereocenters. The molecule has 0 spiro atoms. The molecular formula is C15H38N4. The molecule has 0 aromatic rings. The van der Waals surface area contributed by atoms with Gasteiger partial charge in [-0.2, -0.15) is 0 Å². The quantitative estimate of drug-likeness (QED) is 0.501. The van der Waals surface area contributed by atoms with Crippen LogP contribution in [0.2, 0.25) is 0 Å². The van der Waals surface area contributed by atoms with E-state index in [0.717, 1.165) is 19.5 Å². The summed E-state index contributed by atoms with van der Waals surface area (Å²) >= 11 is 0. The SMILES string of the molecule is CC(CN)CCCN.CNCCCCCCN(C)C. The highest BCUT2D eigenvalue weighted by Gasteiger charge is 1.95. The Bertz CT molecular complexity index is 151. The minimum atomic E-state index is 0.651. The fourth-order valence-electron chi connectivity index (χ4n) is 1.67. The van der Waals surface area contributed by atoms with Crippen molar-refractivity contribution in [1.29, 1.82) is 0 Å². The maximum Gasteiger partial charge on any atom is -0.00248 e. The van der Waals surface area contributed by atoms with E-state index < -0.39 is 0 Å². The average molecular weight is 274 g/mol. The normalized spacial score (nSPS) is 12.2. The molecule has 0 amide bonds. The molecule has 5 N–H and O–H groups in total. The van der Waals surface area contributed by atoms with Crippen molar-refractivity contribution in [3.63, 3.8) is 0 Å². The van der Waals surface area contributed by atoms with Crippen molar-refractivity contribution < 1.29 is 0 Å². The second kappa shape index (κ2) is 17.8. The third-order valence-corrected chi connectivity index (χ3v) is 3.09. The Morgan fingerprint density at radius 2 is 1.63 bits per heavy atom. The molecule has 0 rings (SSSR count). The van der Waals surface area contributed by atoms with Crippen LogP contribution in [0.15, 0.2) is 0 Å². The molecule has 0 aliphatic rings. The lowest BCUT2D eigenvalue weighted by molar-refractivity contribution is 0.390. The van der Waals surface area contributed by atoms with Crippen molar-refractivity contribution in [2.24, 2.45) is 17.4 Å². The molecule has 0 aromatic carbocycles. The number of hydrogen-bond donors (Lipinski definition) is 3. The summed E-state index contributed by atoms with van der Waals surface area (Å²) in [5.41, 5.74) is 10.7. The van der Waals surface area contributed by atoms with Gasteiger partial charge in [0.15, 0.2) is 0 Å². The number of nitrogens with two attached hydrogens (primary N) is 2. The van der Waals surface area contributed by atoms with Gasteiger partial charge in [0, 0.05) is 0 Å². The predicted molar refractivity (Wildman–Crippen MR) is 87.5 cm³/mol. The van der Waals surface area contributed by atoms with Crippen LogP contribution in [0.4, 0.5) is 0 Å². The van der Waals surface area contributed by atoms with Crippen LogP contribution in [0, 0.1) is 5.92 Å². The molecule has 4 heteroatoms. The van der Waals surface area contributed by atoms with Crippen LogP contribution in [0.1, 0.15) is 45.4 Å². The number of nitrogens with one attached hydrogen (secondary N) is 1. The van der Waals surface area contributed by atoms with Gasteiger partial charge in [-0.25, -0.2) is 0 Å². The van der Waals surface area contributed by atoms with Crippen LogP contribution in [0.5, 0.6) is 0 Å². The van der Waals surface area contributed by atoms with Gasteiger partial charge < -0.3 is 21.7 Å². The largest absolute Gasteiger partial charge is 0.330 e. The lowest BCUT2D eigenvalue weighted by Crippen LogP contribution is -2.13. The van der Waals surface area contributed by atoms with Gasteiger partial charge in [0.05, 0.1) is 0 Å². The molecule has 1 unspecified atom stereocenters. The summed E-state index contributed by atoms with van der Waals surface area (Å²) in [7, 11) is 6.28. The van der Waals surface area contributed by atoms with E-state index in [0.29, 0.717) is 5.92 Å². The second-order valence-electron chi connectivity index (χ2n) is 5.59. The number of nitrogens with zero attached hydrogens (tertiary/aromatic N) is 1. The van der Waals surface area contributed by atoms with Gasteiger partial charge in [0.1, 0.15) is 0 Å². The molecule has 118 valence electrons. The number of unbranched alkanes of at least 4 members (excludes halogenated alkanes) is 3. The van der Waals surface area contributed by atoms with E-state index in [4.69, 9.17) is 11.5 Å². The summed E-state index contributed by atoms with van der Waals surface area (Å²) < 4.78 is 0. The van der Waals surface area contributed by atoms with Crippen molar-refractivity contribution in [2.45, 2.75) is 45.4 Å². The summed E-state index contributed by atoms with van der Waals surface area (Å²) in [4.78, 5) is 2.25. The first-order chi connectivity index (χ1) is 9.08. The number of rotatable bonds is 11. The highest BCUT2D eigenvalue weighted by atomic mass is 15.0. The summed E-state index contributed by atoms with van der Waals surface area (Å²) in [6.07, 6.45) is 7.69. The molecule has 0 aromatic heterocycles. The van der Waals surface area contributed by atoms with E-state index in [9.17, 15) is 0 Å². The Morgan fingerprint density at radius 3 is 2.11 bits per heavy atom. The molecule has 0 aliphatic carbocycles. The Labute approximate surface area is 121 Å². The maximum absolute atomic E-state index is 5.37. The predicted octanol–water partition coefficient (Wildman–Crippen LogP) is 1.65. The third kappa shape index (κ3) is 23.4. The Kier molecular flexibility index (Phi) is 19.9. The van der Waals surface area contributed by atoms with Crippen LogP contribution >= 0.6 is 0 Å². The van der Waals surface area contributed by atoms with E-state index in [1.165, 1.54) is 45.2 Å². The van der Waals surface area contributed by atoms with E-state index >= 15 is 0 Å². The summed E-state index contributed by atoms with van der Waals surface area (Å²) in [6.45, 7) is 6.14. The van der Waals surface area contributed by atoms with E-state index in [2.05, 4.69) is 31.2 Å². The highest BCUT2D eigenvalue weighted by Crippen LogP contribution is 2.00. The molecule has 0 saturated carbocycles. The van der Waals surface area contributed by atoms with Crippen LogP contribution in [0.25, 0.3) is 0 Å². The minimum Gasteiger partial charge on any atom is -0.330 e. The smallest absolute Gasteiger partial charge is 0.00248 e. The Morgan fingerprint density at radius 1 is 1.00 bits per heavy atom. The fraction of sp³-hybridized carbons (Fsp3) is 1.00. The topological polar surface area (TPSA) is 67.3 Å². The van der Waals surface area contributed by atoms with Crippen LogP contribution < -0.4 is 16.8 Å². The molecule has 0 radical (unpaired) electrons. The first-order valence-electron chi connectivity index (χ1n) is 7.77. The van der Waals surface area contributed by atoms with Gasteiger partial charge in [-0.3, -0.25) is 0 Å². The van der Waals surface area contributed by atoms with Crippen molar-refractivity contribution in [3.05, 3.63) is 0 Å². The number of hydrogen-bond acceptors (Lipinski definition) is 4. The van der Waals surface area contributed by atoms with Gasteiger partial charge in [-0.05, 0) is 78.9 Å². The average Bonchev–Trinajstić information content (AvgIpc) is 2.40. The molecule has 0 aliphatic heterocycles. The molecule has 4 nitrogen and oxygen atoms in total.